The molecule has 1 heterocycles. The predicted molar refractivity (Wildman–Crippen MR) is 77.7 cm³/mol. The van der Waals surface area contributed by atoms with Gasteiger partial charge in [0, 0.05) is 0 Å². The number of nitrogens with zero attached hydrogens (tertiary/aromatic N) is 1. The molecule has 1 aromatic carbocycles. The van der Waals surface area contributed by atoms with Crippen LogP contribution in [-0.2, 0) is 19.1 Å². The predicted octanol–water partition coefficient (Wildman–Crippen LogP) is 1.98. The molecular weight excluding hydrogens is 288 g/mol. The molecule has 0 bridgehead atoms. The Labute approximate surface area is 126 Å². The summed E-state index contributed by atoms with van der Waals surface area (Å²) in [5.41, 5.74) is 1.10. The number of anilines is 1. The topological polar surface area (TPSA) is 90.7 Å². The molecule has 0 radical (unpaired) electrons. The second-order valence-electron chi connectivity index (χ2n) is 4.08. The summed E-state index contributed by atoms with van der Waals surface area (Å²) in [6.45, 7) is 0. The van der Waals surface area contributed by atoms with Crippen LogP contribution in [0.2, 0.25) is 0 Å². The largest absolute Gasteiger partial charge is 0.466 e. The molecule has 0 aliphatic carbocycles. The lowest BCUT2D eigenvalue weighted by Gasteiger charge is -2.11. The molecule has 0 saturated carbocycles. The highest BCUT2D eigenvalue weighted by Crippen LogP contribution is 2.27. The van der Waals surface area contributed by atoms with E-state index in [1.54, 1.807) is 24.3 Å². The SMILES string of the molecule is COC(=O)/C=C(/Nc1ccccc1-c1ncco1)C(=O)OC. The molecule has 2 aromatic rings. The Hall–Kier alpha value is -3.09. The number of rotatable bonds is 5. The highest BCUT2D eigenvalue weighted by Gasteiger charge is 2.16. The molecule has 0 unspecified atom stereocenters. The van der Waals surface area contributed by atoms with Gasteiger partial charge in [-0.1, -0.05) is 12.1 Å². The van der Waals surface area contributed by atoms with Crippen LogP contribution in [-0.4, -0.2) is 31.1 Å². The van der Waals surface area contributed by atoms with Crippen molar-refractivity contribution in [3.8, 4) is 11.5 Å². The van der Waals surface area contributed by atoms with Crippen molar-refractivity contribution in [2.24, 2.45) is 0 Å². The van der Waals surface area contributed by atoms with E-state index in [4.69, 9.17) is 4.42 Å². The zero-order valence-corrected chi connectivity index (χ0v) is 12.0. The summed E-state index contributed by atoms with van der Waals surface area (Å²) >= 11 is 0. The van der Waals surface area contributed by atoms with Crippen molar-refractivity contribution in [2.75, 3.05) is 19.5 Å². The first kappa shape index (κ1) is 15.3. The van der Waals surface area contributed by atoms with E-state index in [2.05, 4.69) is 19.8 Å². The average Bonchev–Trinajstić information content (AvgIpc) is 3.08. The summed E-state index contributed by atoms with van der Waals surface area (Å²) in [5.74, 6) is -1.00. The second kappa shape index (κ2) is 7.07. The summed E-state index contributed by atoms with van der Waals surface area (Å²) in [6.07, 6.45) is 3.97. The van der Waals surface area contributed by atoms with Gasteiger partial charge in [0.05, 0.1) is 37.7 Å². The molecule has 0 amide bonds. The van der Waals surface area contributed by atoms with Crippen molar-refractivity contribution in [1.29, 1.82) is 0 Å². The minimum atomic E-state index is -0.701. The molecule has 1 N–H and O–H groups in total. The number of hydrogen-bond acceptors (Lipinski definition) is 7. The Morgan fingerprint density at radius 3 is 2.64 bits per heavy atom. The van der Waals surface area contributed by atoms with Crippen LogP contribution in [0.25, 0.3) is 11.5 Å². The third-order valence-electron chi connectivity index (χ3n) is 2.73. The van der Waals surface area contributed by atoms with Gasteiger partial charge in [0.1, 0.15) is 12.0 Å². The molecule has 0 saturated heterocycles. The standard InChI is InChI=1S/C15H14N2O5/c1-20-13(18)9-12(15(19)21-2)17-11-6-4-3-5-10(11)14-16-7-8-22-14/h3-9,17H,1-2H3/b12-9+. The van der Waals surface area contributed by atoms with Crippen LogP contribution in [0, 0.1) is 0 Å². The van der Waals surface area contributed by atoms with Crippen LogP contribution in [0.5, 0.6) is 0 Å². The van der Waals surface area contributed by atoms with Crippen molar-refractivity contribution in [3.63, 3.8) is 0 Å². The number of aromatic nitrogens is 1. The molecule has 0 atom stereocenters. The van der Waals surface area contributed by atoms with Crippen molar-refractivity contribution in [3.05, 3.63) is 48.5 Å². The van der Waals surface area contributed by atoms with Crippen LogP contribution in [0.3, 0.4) is 0 Å². The molecule has 22 heavy (non-hydrogen) atoms. The van der Waals surface area contributed by atoms with Gasteiger partial charge in [0.15, 0.2) is 0 Å². The monoisotopic (exact) mass is 302 g/mol. The molecule has 114 valence electrons. The highest BCUT2D eigenvalue weighted by molar-refractivity contribution is 5.99. The van der Waals surface area contributed by atoms with Gasteiger partial charge in [-0.2, -0.15) is 0 Å². The van der Waals surface area contributed by atoms with Crippen molar-refractivity contribution in [2.45, 2.75) is 0 Å². The van der Waals surface area contributed by atoms with E-state index < -0.39 is 11.9 Å². The molecule has 0 fully saturated rings. The van der Waals surface area contributed by atoms with Crippen LogP contribution in [0.4, 0.5) is 5.69 Å². The normalized spacial score (nSPS) is 10.9. The van der Waals surface area contributed by atoms with Crippen LogP contribution in [0.1, 0.15) is 0 Å². The van der Waals surface area contributed by atoms with Gasteiger partial charge < -0.3 is 19.2 Å². The van der Waals surface area contributed by atoms with Gasteiger partial charge in [-0.05, 0) is 12.1 Å². The lowest BCUT2D eigenvalue weighted by atomic mass is 10.1. The quantitative estimate of drug-likeness (QED) is 0.667. The first-order valence-corrected chi connectivity index (χ1v) is 6.29. The number of carbonyl (C=O) groups is 2. The molecule has 1 aromatic heterocycles. The maximum absolute atomic E-state index is 11.8. The fourth-order valence-corrected chi connectivity index (χ4v) is 1.71. The van der Waals surface area contributed by atoms with Gasteiger partial charge in [-0.3, -0.25) is 0 Å². The Morgan fingerprint density at radius 1 is 1.23 bits per heavy atom. The number of carbonyl (C=O) groups excluding carboxylic acids is 2. The third-order valence-corrected chi connectivity index (χ3v) is 2.73. The summed E-state index contributed by atoms with van der Waals surface area (Å²) in [4.78, 5) is 27.2. The van der Waals surface area contributed by atoms with Crippen LogP contribution < -0.4 is 5.32 Å². The molecular formula is C15H14N2O5. The van der Waals surface area contributed by atoms with Crippen molar-refractivity contribution < 1.29 is 23.5 Å². The zero-order chi connectivity index (χ0) is 15.9. The van der Waals surface area contributed by atoms with E-state index in [1.165, 1.54) is 26.7 Å². The fraction of sp³-hybridized carbons (Fsp3) is 0.133. The van der Waals surface area contributed by atoms with Gasteiger partial charge >= 0.3 is 11.9 Å². The second-order valence-corrected chi connectivity index (χ2v) is 4.08. The molecule has 7 nitrogen and oxygen atoms in total. The van der Waals surface area contributed by atoms with E-state index in [-0.39, 0.29) is 5.70 Å². The number of hydrogen-bond donors (Lipinski definition) is 1. The molecule has 2 rings (SSSR count). The van der Waals surface area contributed by atoms with Crippen LogP contribution >= 0.6 is 0 Å². The summed E-state index contributed by atoms with van der Waals surface area (Å²) in [5, 5.41) is 2.84. The lowest BCUT2D eigenvalue weighted by Crippen LogP contribution is -2.15. The Kier molecular flexibility index (Phi) is 4.92. The van der Waals surface area contributed by atoms with E-state index in [1.807, 2.05) is 0 Å². The van der Waals surface area contributed by atoms with Crippen molar-refractivity contribution in [1.82, 2.24) is 4.98 Å². The maximum Gasteiger partial charge on any atom is 0.354 e. The minimum Gasteiger partial charge on any atom is -0.466 e. The highest BCUT2D eigenvalue weighted by atomic mass is 16.5. The third kappa shape index (κ3) is 3.51. The number of nitrogens with one attached hydrogen (secondary N) is 1. The molecule has 0 spiro atoms. The van der Waals surface area contributed by atoms with Gasteiger partial charge in [0.2, 0.25) is 5.89 Å². The maximum atomic E-state index is 11.8. The first-order chi connectivity index (χ1) is 10.7. The number of ether oxygens (including phenoxy) is 2. The summed E-state index contributed by atoms with van der Waals surface area (Å²) in [7, 11) is 2.43. The molecule has 0 aliphatic heterocycles. The average molecular weight is 302 g/mol. The Balaban J connectivity index is 2.37. The molecule has 0 aliphatic rings. The molecule has 7 heteroatoms. The Morgan fingerprint density at radius 2 is 2.00 bits per heavy atom. The summed E-state index contributed by atoms with van der Waals surface area (Å²) in [6, 6.07) is 7.04. The first-order valence-electron chi connectivity index (χ1n) is 6.29. The smallest absolute Gasteiger partial charge is 0.354 e. The van der Waals surface area contributed by atoms with E-state index in [0.717, 1.165) is 6.08 Å². The van der Waals surface area contributed by atoms with E-state index in [9.17, 15) is 9.59 Å². The minimum absolute atomic E-state index is 0.0617. The van der Waals surface area contributed by atoms with Crippen molar-refractivity contribution >= 4 is 17.6 Å². The van der Waals surface area contributed by atoms with Gasteiger partial charge in [0.25, 0.3) is 0 Å². The zero-order valence-electron chi connectivity index (χ0n) is 12.0. The van der Waals surface area contributed by atoms with Gasteiger partial charge in [-0.25, -0.2) is 14.6 Å². The number of para-hydroxylation sites is 1. The summed E-state index contributed by atoms with van der Waals surface area (Å²) < 4.78 is 14.4. The fourth-order valence-electron chi connectivity index (χ4n) is 1.71. The number of oxazole rings is 1. The number of methoxy groups -OCH3 is 2. The van der Waals surface area contributed by atoms with E-state index >= 15 is 0 Å². The van der Waals surface area contributed by atoms with Crippen LogP contribution in [0.15, 0.2) is 52.9 Å². The number of benzene rings is 1. The van der Waals surface area contributed by atoms with Gasteiger partial charge in [-0.15, -0.1) is 0 Å². The number of esters is 2. The Bertz CT molecular complexity index is 692. The lowest BCUT2D eigenvalue weighted by molar-refractivity contribution is -0.138. The van der Waals surface area contributed by atoms with E-state index in [0.29, 0.717) is 17.1 Å².